The lowest BCUT2D eigenvalue weighted by Gasteiger charge is -2.19. The molecule has 0 heteroatoms. The third-order valence-corrected chi connectivity index (χ3v) is 12.9. The molecule has 0 amide bonds. The highest BCUT2D eigenvalue weighted by Crippen LogP contribution is 2.46. The Morgan fingerprint density at radius 1 is 0.172 bits per heavy atom. The second kappa shape index (κ2) is 12.0. The lowest BCUT2D eigenvalue weighted by Crippen LogP contribution is -1.92. The Hall–Kier alpha value is -7.54. The summed E-state index contributed by atoms with van der Waals surface area (Å²) in [5, 5.41) is 20.7. The van der Waals surface area contributed by atoms with Gasteiger partial charge in [-0.3, -0.25) is 0 Å². The van der Waals surface area contributed by atoms with Crippen molar-refractivity contribution < 1.29 is 0 Å². The van der Waals surface area contributed by atoms with E-state index in [4.69, 9.17) is 0 Å². The maximum absolute atomic E-state index is 2.45. The summed E-state index contributed by atoms with van der Waals surface area (Å²) in [4.78, 5) is 0. The van der Waals surface area contributed by atoms with Crippen LogP contribution in [-0.4, -0.2) is 0 Å². The first-order valence-corrected chi connectivity index (χ1v) is 20.2. The van der Waals surface area contributed by atoms with E-state index < -0.39 is 0 Å². The zero-order chi connectivity index (χ0) is 37.9. The van der Waals surface area contributed by atoms with E-state index in [0.717, 1.165) is 0 Å². The first-order chi connectivity index (χ1) is 28.7. The molecule has 0 N–H and O–H groups in total. The summed E-state index contributed by atoms with van der Waals surface area (Å²) in [5.74, 6) is 0. The van der Waals surface area contributed by atoms with Gasteiger partial charge in [-0.15, -0.1) is 0 Å². The fraction of sp³-hybridized carbons (Fsp3) is 0. The summed E-state index contributed by atoms with van der Waals surface area (Å²) in [5.41, 5.74) is 9.91. The van der Waals surface area contributed by atoms with Crippen LogP contribution in [0.4, 0.5) is 0 Å². The van der Waals surface area contributed by atoms with Crippen LogP contribution in [0.3, 0.4) is 0 Å². The SMILES string of the molecule is c1ccc(-c2ccc3c(-c4ccc5ccc6cccc7ccc4c5c67)cc(-c4cc(-c5ccc6ccc7cccc8ccc5c6c78)c5ccccc5c4)cc3c2)cc1. The molecule has 0 aliphatic rings. The molecule has 0 bridgehead atoms. The molecule has 0 spiro atoms. The third-order valence-electron chi connectivity index (χ3n) is 12.9. The van der Waals surface area contributed by atoms with Crippen LogP contribution < -0.4 is 0 Å². The van der Waals surface area contributed by atoms with Gasteiger partial charge < -0.3 is 0 Å². The van der Waals surface area contributed by atoms with Crippen LogP contribution in [0, 0.1) is 0 Å². The van der Waals surface area contributed by atoms with Crippen LogP contribution in [0.15, 0.2) is 206 Å². The molecule has 13 aromatic carbocycles. The number of rotatable bonds is 4. The van der Waals surface area contributed by atoms with Crippen molar-refractivity contribution in [1.29, 1.82) is 0 Å². The molecule has 0 radical (unpaired) electrons. The van der Waals surface area contributed by atoms with Crippen molar-refractivity contribution in [1.82, 2.24) is 0 Å². The standard InChI is InChI=1S/C58H34/c1-2-8-35(9-3-1)42-24-25-48-46(30-42)32-45(34-54(48)50-27-21-41-19-17-37-12-7-14-39-23-29-52(50)58(41)56(37)39)44-31-43-10-4-5-15-47(43)53(33-44)49-26-20-40-18-16-36-11-6-13-38-22-28-51(49)57(40)55(36)38/h1-34H. The lowest BCUT2D eigenvalue weighted by atomic mass is 9.85. The molecule has 0 unspecified atom stereocenters. The Balaban J connectivity index is 1.10. The Bertz CT molecular complexity index is 3740. The summed E-state index contributed by atoms with van der Waals surface area (Å²) in [6, 6.07) is 77.4. The predicted octanol–water partition coefficient (Wildman–Crippen LogP) is 16.5. The number of fused-ring (bicyclic) bond motifs is 2. The van der Waals surface area contributed by atoms with Crippen molar-refractivity contribution in [2.75, 3.05) is 0 Å². The van der Waals surface area contributed by atoms with E-state index >= 15 is 0 Å². The zero-order valence-electron chi connectivity index (χ0n) is 31.6. The molecule has 0 aromatic heterocycles. The fourth-order valence-electron chi connectivity index (χ4n) is 10.2. The van der Waals surface area contributed by atoms with Gasteiger partial charge in [-0.05, 0) is 161 Å². The molecular weight excluding hydrogens is 697 g/mol. The molecule has 0 saturated heterocycles. The Labute approximate surface area is 335 Å². The van der Waals surface area contributed by atoms with Gasteiger partial charge in [0.15, 0.2) is 0 Å². The van der Waals surface area contributed by atoms with Crippen LogP contribution in [0.2, 0.25) is 0 Å². The Morgan fingerprint density at radius 2 is 0.586 bits per heavy atom. The summed E-state index contributed by atoms with van der Waals surface area (Å²) < 4.78 is 0. The maximum Gasteiger partial charge on any atom is -0.00206 e. The van der Waals surface area contributed by atoms with Gasteiger partial charge in [0.2, 0.25) is 0 Å². The molecule has 0 fully saturated rings. The highest BCUT2D eigenvalue weighted by atomic mass is 14.2. The van der Waals surface area contributed by atoms with Crippen LogP contribution in [0.5, 0.6) is 0 Å². The Kier molecular flexibility index (Phi) is 6.54. The van der Waals surface area contributed by atoms with E-state index in [-0.39, 0.29) is 0 Å². The number of benzene rings is 13. The predicted molar refractivity (Wildman–Crippen MR) is 251 cm³/mol. The van der Waals surface area contributed by atoms with Crippen LogP contribution in [0.1, 0.15) is 0 Å². The highest BCUT2D eigenvalue weighted by Gasteiger charge is 2.18. The molecule has 0 atom stereocenters. The van der Waals surface area contributed by atoms with Crippen LogP contribution in [0.25, 0.3) is 131 Å². The van der Waals surface area contributed by atoms with Crippen LogP contribution in [-0.2, 0) is 0 Å². The zero-order valence-corrected chi connectivity index (χ0v) is 31.6. The van der Waals surface area contributed by atoms with Crippen molar-refractivity contribution >= 4 is 86.2 Å². The van der Waals surface area contributed by atoms with E-state index in [1.165, 1.54) is 131 Å². The third kappa shape index (κ3) is 4.58. The molecule has 58 heavy (non-hydrogen) atoms. The summed E-state index contributed by atoms with van der Waals surface area (Å²) in [7, 11) is 0. The van der Waals surface area contributed by atoms with E-state index in [0.29, 0.717) is 0 Å². The van der Waals surface area contributed by atoms with Crippen LogP contribution >= 0.6 is 0 Å². The quantitative estimate of drug-likeness (QED) is 0.158. The van der Waals surface area contributed by atoms with E-state index in [1.807, 2.05) is 0 Å². The first-order valence-electron chi connectivity index (χ1n) is 20.2. The van der Waals surface area contributed by atoms with Crippen molar-refractivity contribution in [3.05, 3.63) is 206 Å². The Morgan fingerprint density at radius 3 is 1.17 bits per heavy atom. The average Bonchev–Trinajstić information content (AvgIpc) is 3.29. The molecule has 0 heterocycles. The first kappa shape index (κ1) is 31.6. The molecule has 13 aromatic rings. The van der Waals surface area contributed by atoms with Crippen molar-refractivity contribution in [3.8, 4) is 44.5 Å². The summed E-state index contributed by atoms with van der Waals surface area (Å²) in [6.45, 7) is 0. The highest BCUT2D eigenvalue weighted by molar-refractivity contribution is 6.28. The second-order valence-electron chi connectivity index (χ2n) is 16.0. The monoisotopic (exact) mass is 730 g/mol. The van der Waals surface area contributed by atoms with E-state index in [1.54, 1.807) is 0 Å². The normalized spacial score (nSPS) is 12.1. The summed E-state index contributed by atoms with van der Waals surface area (Å²) in [6.07, 6.45) is 0. The van der Waals surface area contributed by atoms with Crippen molar-refractivity contribution in [2.24, 2.45) is 0 Å². The molecule has 13 rings (SSSR count). The van der Waals surface area contributed by atoms with Crippen molar-refractivity contribution in [3.63, 3.8) is 0 Å². The summed E-state index contributed by atoms with van der Waals surface area (Å²) >= 11 is 0. The topological polar surface area (TPSA) is 0 Å². The average molecular weight is 731 g/mol. The molecule has 0 nitrogen and oxygen atoms in total. The minimum Gasteiger partial charge on any atom is -0.0622 e. The number of hydrogen-bond donors (Lipinski definition) is 0. The van der Waals surface area contributed by atoms with Crippen molar-refractivity contribution in [2.45, 2.75) is 0 Å². The second-order valence-corrected chi connectivity index (χ2v) is 16.0. The molecule has 0 aliphatic heterocycles. The largest absolute Gasteiger partial charge is 0.0622 e. The van der Waals surface area contributed by atoms with Gasteiger partial charge in [-0.2, -0.15) is 0 Å². The van der Waals surface area contributed by atoms with Gasteiger partial charge in [-0.25, -0.2) is 0 Å². The van der Waals surface area contributed by atoms with Gasteiger partial charge in [0.1, 0.15) is 0 Å². The smallest absolute Gasteiger partial charge is 0.00206 e. The molecule has 0 saturated carbocycles. The minimum absolute atomic E-state index is 1.21. The van der Waals surface area contributed by atoms with Gasteiger partial charge in [0.25, 0.3) is 0 Å². The van der Waals surface area contributed by atoms with Gasteiger partial charge >= 0.3 is 0 Å². The lowest BCUT2D eigenvalue weighted by molar-refractivity contribution is 1.62. The maximum atomic E-state index is 2.45. The van der Waals surface area contributed by atoms with Gasteiger partial charge in [0.05, 0.1) is 0 Å². The number of hydrogen-bond acceptors (Lipinski definition) is 0. The molecule has 0 aliphatic carbocycles. The molecule has 266 valence electrons. The van der Waals surface area contributed by atoms with Gasteiger partial charge in [0, 0.05) is 0 Å². The minimum atomic E-state index is 1.21. The van der Waals surface area contributed by atoms with E-state index in [9.17, 15) is 0 Å². The van der Waals surface area contributed by atoms with E-state index in [2.05, 4.69) is 206 Å². The fourth-order valence-corrected chi connectivity index (χ4v) is 10.2. The molecular formula is C58H34. The van der Waals surface area contributed by atoms with Gasteiger partial charge in [-0.1, -0.05) is 176 Å².